The summed E-state index contributed by atoms with van der Waals surface area (Å²) in [6.45, 7) is 0.684. The van der Waals surface area contributed by atoms with Crippen molar-refractivity contribution in [1.29, 1.82) is 0 Å². The molecule has 1 fully saturated rings. The molecule has 5 rings (SSSR count). The highest BCUT2D eigenvalue weighted by atomic mass is 32.1. The lowest BCUT2D eigenvalue weighted by Gasteiger charge is -2.05. The number of nitrogens with zero attached hydrogens (tertiary/aromatic N) is 4. The number of anilines is 1. The van der Waals surface area contributed by atoms with Crippen molar-refractivity contribution >= 4 is 28.9 Å². The van der Waals surface area contributed by atoms with Gasteiger partial charge in [-0.05, 0) is 30.4 Å². The van der Waals surface area contributed by atoms with Crippen LogP contribution in [0.3, 0.4) is 0 Å². The van der Waals surface area contributed by atoms with Crippen molar-refractivity contribution in [3.05, 3.63) is 57.0 Å². The van der Waals surface area contributed by atoms with Gasteiger partial charge in [0.15, 0.2) is 22.9 Å². The second-order valence-corrected chi connectivity index (χ2v) is 7.76. The van der Waals surface area contributed by atoms with Crippen molar-refractivity contribution < 1.29 is 10.2 Å². The molecule has 142 valence electrons. The maximum atomic E-state index is 9.90. The van der Waals surface area contributed by atoms with Gasteiger partial charge in [0, 0.05) is 27.8 Å². The van der Waals surface area contributed by atoms with Gasteiger partial charge in [-0.2, -0.15) is 9.61 Å². The minimum Gasteiger partial charge on any atom is -0.494 e. The third kappa shape index (κ3) is 3.31. The van der Waals surface area contributed by atoms with Crippen LogP contribution in [0.25, 0.3) is 11.7 Å². The molecule has 0 bridgehead atoms. The zero-order valence-electron chi connectivity index (χ0n) is 14.8. The van der Waals surface area contributed by atoms with Crippen LogP contribution in [0.1, 0.15) is 23.3 Å². The Hall–Kier alpha value is -3.33. The number of aromatic nitrogens is 4. The van der Waals surface area contributed by atoms with Gasteiger partial charge < -0.3 is 15.5 Å². The molecule has 0 spiro atoms. The number of aromatic amines is 1. The van der Waals surface area contributed by atoms with E-state index in [4.69, 9.17) is 9.98 Å². The molecule has 0 aromatic carbocycles. The number of H-pyrrole nitrogens is 1. The molecule has 9 heteroatoms. The number of hydrogen-bond acceptors (Lipinski definition) is 7. The molecule has 0 radical (unpaired) electrons. The topological polar surface area (TPSA) is 111 Å². The van der Waals surface area contributed by atoms with Crippen LogP contribution in [-0.4, -0.2) is 35.8 Å². The minimum atomic E-state index is -0.105. The molecular formula is C19H18N6O2S. The molecule has 0 amide bonds. The first-order chi connectivity index (χ1) is 13.7. The summed E-state index contributed by atoms with van der Waals surface area (Å²) in [6, 6.07) is 7.81. The van der Waals surface area contributed by atoms with Gasteiger partial charge in [-0.3, -0.25) is 9.98 Å². The van der Waals surface area contributed by atoms with Gasteiger partial charge in [0.1, 0.15) is 5.82 Å². The van der Waals surface area contributed by atoms with E-state index in [9.17, 15) is 10.2 Å². The smallest absolute Gasteiger partial charge is 0.198 e. The molecule has 8 nitrogen and oxygen atoms in total. The quantitative estimate of drug-likeness (QED) is 0.412. The molecule has 1 aliphatic carbocycles. The second kappa shape index (κ2) is 6.68. The van der Waals surface area contributed by atoms with Crippen LogP contribution in [0.4, 0.5) is 5.82 Å². The van der Waals surface area contributed by atoms with Crippen LogP contribution in [0.5, 0.6) is 11.8 Å². The third-order valence-corrected chi connectivity index (χ3v) is 5.37. The predicted molar refractivity (Wildman–Crippen MR) is 106 cm³/mol. The van der Waals surface area contributed by atoms with Gasteiger partial charge in [0.25, 0.3) is 0 Å². The normalized spacial score (nSPS) is 15.6. The van der Waals surface area contributed by atoms with Crippen molar-refractivity contribution in [1.82, 2.24) is 19.6 Å². The largest absolute Gasteiger partial charge is 0.494 e. The van der Waals surface area contributed by atoms with Gasteiger partial charge in [-0.25, -0.2) is 4.98 Å². The number of rotatable bonds is 5. The van der Waals surface area contributed by atoms with Crippen molar-refractivity contribution in [3.8, 4) is 11.8 Å². The van der Waals surface area contributed by atoms with Crippen molar-refractivity contribution in [3.63, 3.8) is 0 Å². The monoisotopic (exact) mass is 394 g/mol. The number of fused-ring (bicyclic) bond motifs is 1. The van der Waals surface area contributed by atoms with E-state index in [1.165, 1.54) is 10.9 Å². The third-order valence-electron chi connectivity index (χ3n) is 4.49. The Morgan fingerprint density at radius 1 is 1.36 bits per heavy atom. The van der Waals surface area contributed by atoms with Crippen LogP contribution >= 0.6 is 11.3 Å². The van der Waals surface area contributed by atoms with Gasteiger partial charge in [0.2, 0.25) is 0 Å². The standard InChI is InChI=1S/C19H18N6O2S/c26-17-7-11(19(27)24-17)6-12-9-21-25-16(22-13-3-4-13)8-15(23-18(12)25)20-10-14-2-1-5-28-14/h1-2,5-9,13,20,24,26-27H,3-4,10H2. The van der Waals surface area contributed by atoms with E-state index >= 15 is 0 Å². The van der Waals surface area contributed by atoms with E-state index < -0.39 is 0 Å². The Kier molecular flexibility index (Phi) is 4.01. The van der Waals surface area contributed by atoms with Crippen LogP contribution in [-0.2, 0) is 6.54 Å². The lowest BCUT2D eigenvalue weighted by molar-refractivity contribution is 0.425. The van der Waals surface area contributed by atoms with Crippen LogP contribution in [0.15, 0.2) is 40.8 Å². The molecule has 4 heterocycles. The van der Waals surface area contributed by atoms with Gasteiger partial charge in [-0.15, -0.1) is 11.3 Å². The Balaban J connectivity index is 1.62. The van der Waals surface area contributed by atoms with E-state index in [2.05, 4.69) is 21.5 Å². The number of hydrogen-bond donors (Lipinski definition) is 4. The van der Waals surface area contributed by atoms with E-state index in [0.717, 1.165) is 29.4 Å². The van der Waals surface area contributed by atoms with Crippen molar-refractivity contribution in [2.75, 3.05) is 5.32 Å². The number of nitrogens with one attached hydrogen (secondary N) is 2. The molecule has 1 saturated carbocycles. The maximum Gasteiger partial charge on any atom is 0.198 e. The highest BCUT2D eigenvalue weighted by molar-refractivity contribution is 7.09. The Morgan fingerprint density at radius 3 is 2.96 bits per heavy atom. The lowest BCUT2D eigenvalue weighted by Crippen LogP contribution is -2.20. The summed E-state index contributed by atoms with van der Waals surface area (Å²) in [7, 11) is 0. The molecule has 4 N–H and O–H groups in total. The molecule has 0 atom stereocenters. The maximum absolute atomic E-state index is 9.90. The first-order valence-electron chi connectivity index (χ1n) is 8.97. The molecule has 0 aliphatic heterocycles. The highest BCUT2D eigenvalue weighted by Gasteiger charge is 2.20. The Bertz CT molecular complexity index is 1250. The number of thiophene rings is 1. The van der Waals surface area contributed by atoms with Gasteiger partial charge in [0.05, 0.1) is 18.8 Å². The summed E-state index contributed by atoms with van der Waals surface area (Å²) in [5.74, 6) is 0.513. The second-order valence-electron chi connectivity index (χ2n) is 6.73. The lowest BCUT2D eigenvalue weighted by atomic mass is 10.2. The molecule has 0 unspecified atom stereocenters. The average Bonchev–Trinajstić information content (AvgIpc) is 3.05. The average molecular weight is 394 g/mol. The number of aromatic hydroxyl groups is 2. The van der Waals surface area contributed by atoms with Crippen LogP contribution in [0, 0.1) is 0 Å². The summed E-state index contributed by atoms with van der Waals surface area (Å²) >= 11 is 1.69. The summed E-state index contributed by atoms with van der Waals surface area (Å²) in [5.41, 5.74) is 1.85. The Labute approximate surface area is 163 Å². The summed E-state index contributed by atoms with van der Waals surface area (Å²) in [6.07, 6.45) is 5.60. The van der Waals surface area contributed by atoms with Crippen molar-refractivity contribution in [2.24, 2.45) is 4.99 Å². The first kappa shape index (κ1) is 16.8. The highest BCUT2D eigenvalue weighted by Crippen LogP contribution is 2.23. The van der Waals surface area contributed by atoms with Crippen LogP contribution in [0.2, 0.25) is 0 Å². The molecular weight excluding hydrogens is 376 g/mol. The van der Waals surface area contributed by atoms with Crippen molar-refractivity contribution in [2.45, 2.75) is 25.4 Å². The molecule has 4 aromatic rings. The van der Waals surface area contributed by atoms with Gasteiger partial charge in [-0.1, -0.05) is 6.07 Å². The fourth-order valence-electron chi connectivity index (χ4n) is 2.95. The van der Waals surface area contributed by atoms with Gasteiger partial charge >= 0.3 is 0 Å². The van der Waals surface area contributed by atoms with E-state index in [1.807, 2.05) is 17.5 Å². The molecule has 28 heavy (non-hydrogen) atoms. The Morgan fingerprint density at radius 2 is 2.25 bits per heavy atom. The minimum absolute atomic E-state index is 0.101. The van der Waals surface area contributed by atoms with E-state index in [0.29, 0.717) is 23.8 Å². The summed E-state index contributed by atoms with van der Waals surface area (Å²) < 4.78 is 1.71. The predicted octanol–water partition coefficient (Wildman–Crippen LogP) is 1.75. The zero-order chi connectivity index (χ0) is 19.1. The molecule has 1 aliphatic rings. The first-order valence-corrected chi connectivity index (χ1v) is 9.85. The fraction of sp³-hybridized carbons (Fsp3) is 0.211. The van der Waals surface area contributed by atoms with Crippen LogP contribution < -0.4 is 16.0 Å². The fourth-order valence-corrected chi connectivity index (χ4v) is 3.60. The zero-order valence-corrected chi connectivity index (χ0v) is 15.6. The van der Waals surface area contributed by atoms with E-state index in [-0.39, 0.29) is 11.8 Å². The van der Waals surface area contributed by atoms with E-state index in [1.54, 1.807) is 28.1 Å². The SMILES string of the molecule is Oc1cc(C=c2cnn3c(=NC4CC4)cc(NCc4cccs4)nc23)c(O)[nH]1. The molecule has 0 saturated heterocycles. The summed E-state index contributed by atoms with van der Waals surface area (Å²) in [5, 5.41) is 30.0. The molecule has 4 aromatic heterocycles. The summed E-state index contributed by atoms with van der Waals surface area (Å²) in [4.78, 5) is 13.1.